The lowest BCUT2D eigenvalue weighted by atomic mass is 9.66. The van der Waals surface area contributed by atoms with E-state index in [4.69, 9.17) is 11.5 Å². The van der Waals surface area contributed by atoms with E-state index in [1.165, 1.54) is 16.0 Å². The van der Waals surface area contributed by atoms with Gasteiger partial charge in [-0.05, 0) is 30.4 Å². The molecule has 0 saturated carbocycles. The Labute approximate surface area is 151 Å². The number of guanidine groups is 1. The predicted octanol–water partition coefficient (Wildman–Crippen LogP) is 3.52. The second-order valence-electron chi connectivity index (χ2n) is 6.39. The first kappa shape index (κ1) is 15.8. The molecule has 2 aromatic carbocycles. The van der Waals surface area contributed by atoms with Crippen LogP contribution in [0.5, 0.6) is 0 Å². The van der Waals surface area contributed by atoms with Gasteiger partial charge in [0.05, 0.1) is 5.69 Å². The van der Waals surface area contributed by atoms with E-state index < -0.39 is 0 Å². The summed E-state index contributed by atoms with van der Waals surface area (Å²) in [5.41, 5.74) is 14.8. The normalized spacial score (nSPS) is 15.4. The number of hydrogen-bond acceptors (Lipinski definition) is 3. The highest BCUT2D eigenvalue weighted by Crippen LogP contribution is 2.46. The summed E-state index contributed by atoms with van der Waals surface area (Å²) in [5.74, 6) is 0.0588. The molecule has 1 aromatic heterocycles. The van der Waals surface area contributed by atoms with Crippen LogP contribution in [-0.2, 0) is 18.3 Å². The van der Waals surface area contributed by atoms with Crippen molar-refractivity contribution >= 4 is 22.4 Å². The Hall–Kier alpha value is -2.66. The van der Waals surface area contributed by atoms with Gasteiger partial charge in [0, 0.05) is 10.3 Å². The molecule has 0 amide bonds. The zero-order valence-electron chi connectivity index (χ0n) is 13.9. The maximum atomic E-state index is 5.51. The molecular formula is C20H20N4S. The summed E-state index contributed by atoms with van der Waals surface area (Å²) in [6, 6.07) is 21.5. The molecule has 25 heavy (non-hydrogen) atoms. The van der Waals surface area contributed by atoms with E-state index in [0.29, 0.717) is 5.13 Å². The summed E-state index contributed by atoms with van der Waals surface area (Å²) < 4.78 is 0. The van der Waals surface area contributed by atoms with Gasteiger partial charge in [-0.1, -0.05) is 72.0 Å². The number of rotatable bonds is 3. The Bertz CT molecular complexity index is 856. The first-order chi connectivity index (χ1) is 12.2. The number of aromatic nitrogens is 1. The number of nitrogens with two attached hydrogens (primary N) is 2. The molecule has 0 spiro atoms. The molecule has 0 unspecified atom stereocenters. The predicted molar refractivity (Wildman–Crippen MR) is 103 cm³/mol. The standard InChI is InChI=1S/C20H20N4S/c21-18(22)24-19-23-16-11-12-20(13-17(16)25-19,14-7-3-1-4-8-14)15-9-5-2-6-10-15/h1-10H,11-13H2,(H4,21,22,23,24). The molecule has 4 rings (SSSR count). The average Bonchev–Trinajstić information content (AvgIpc) is 3.03. The fourth-order valence-corrected chi connectivity index (χ4v) is 4.84. The molecule has 0 radical (unpaired) electrons. The molecule has 3 aromatic rings. The lowest BCUT2D eigenvalue weighted by molar-refractivity contribution is 0.445. The summed E-state index contributed by atoms with van der Waals surface area (Å²) in [4.78, 5) is 10.0. The minimum atomic E-state index is -0.0305. The van der Waals surface area contributed by atoms with E-state index >= 15 is 0 Å². The van der Waals surface area contributed by atoms with Gasteiger partial charge in [0.2, 0.25) is 5.13 Å². The van der Waals surface area contributed by atoms with Gasteiger partial charge >= 0.3 is 0 Å². The van der Waals surface area contributed by atoms with Crippen LogP contribution in [0.4, 0.5) is 5.13 Å². The van der Waals surface area contributed by atoms with Gasteiger partial charge in [0.1, 0.15) is 0 Å². The number of aryl methyl sites for hydroxylation is 1. The van der Waals surface area contributed by atoms with Crippen molar-refractivity contribution < 1.29 is 0 Å². The molecule has 4 N–H and O–H groups in total. The number of thiazole rings is 1. The number of nitrogens with zero attached hydrogens (tertiary/aromatic N) is 2. The van der Waals surface area contributed by atoms with Crippen molar-refractivity contribution in [2.45, 2.75) is 24.7 Å². The number of hydrogen-bond donors (Lipinski definition) is 2. The number of fused-ring (bicyclic) bond motifs is 1. The third-order valence-electron chi connectivity index (χ3n) is 4.90. The van der Waals surface area contributed by atoms with Crippen LogP contribution in [0.15, 0.2) is 65.7 Å². The highest BCUT2D eigenvalue weighted by molar-refractivity contribution is 7.15. The molecule has 1 heterocycles. The second kappa shape index (κ2) is 6.33. The SMILES string of the molecule is NC(N)=Nc1nc2c(s1)CC(c1ccccc1)(c1ccccc1)CC2. The van der Waals surface area contributed by atoms with Crippen LogP contribution in [0.2, 0.25) is 0 Å². The molecule has 0 fully saturated rings. The molecule has 1 aliphatic carbocycles. The second-order valence-corrected chi connectivity index (χ2v) is 7.46. The first-order valence-electron chi connectivity index (χ1n) is 8.37. The van der Waals surface area contributed by atoms with Crippen molar-refractivity contribution in [1.29, 1.82) is 0 Å². The third kappa shape index (κ3) is 2.91. The van der Waals surface area contributed by atoms with Gasteiger partial charge < -0.3 is 11.5 Å². The van der Waals surface area contributed by atoms with E-state index in [1.807, 2.05) is 0 Å². The Morgan fingerprint density at radius 2 is 1.56 bits per heavy atom. The van der Waals surface area contributed by atoms with Gasteiger partial charge in [-0.25, -0.2) is 4.98 Å². The van der Waals surface area contributed by atoms with Gasteiger partial charge in [-0.2, -0.15) is 4.99 Å². The minimum absolute atomic E-state index is 0.0305. The zero-order valence-corrected chi connectivity index (χ0v) is 14.7. The maximum absolute atomic E-state index is 5.51. The molecule has 0 atom stereocenters. The van der Waals surface area contributed by atoms with Crippen LogP contribution < -0.4 is 11.5 Å². The fraction of sp³-hybridized carbons (Fsp3) is 0.200. The van der Waals surface area contributed by atoms with Crippen LogP contribution in [0, 0.1) is 0 Å². The van der Waals surface area contributed by atoms with E-state index in [9.17, 15) is 0 Å². The summed E-state index contributed by atoms with van der Waals surface area (Å²) in [6.45, 7) is 0. The highest BCUT2D eigenvalue weighted by Gasteiger charge is 2.39. The molecule has 0 aliphatic heterocycles. The third-order valence-corrected chi connectivity index (χ3v) is 5.89. The average molecular weight is 348 g/mol. The molecule has 5 heteroatoms. The number of benzene rings is 2. The van der Waals surface area contributed by atoms with Gasteiger partial charge in [-0.3, -0.25) is 0 Å². The van der Waals surface area contributed by atoms with Crippen LogP contribution in [0.1, 0.15) is 28.1 Å². The van der Waals surface area contributed by atoms with E-state index in [1.54, 1.807) is 11.3 Å². The lowest BCUT2D eigenvalue weighted by Crippen LogP contribution is -2.34. The maximum Gasteiger partial charge on any atom is 0.212 e. The summed E-state index contributed by atoms with van der Waals surface area (Å²) in [6.07, 6.45) is 2.88. The summed E-state index contributed by atoms with van der Waals surface area (Å²) >= 11 is 1.60. The molecule has 0 bridgehead atoms. The zero-order chi connectivity index (χ0) is 17.3. The van der Waals surface area contributed by atoms with E-state index in [2.05, 4.69) is 70.6 Å². The van der Waals surface area contributed by atoms with Crippen LogP contribution in [-0.4, -0.2) is 10.9 Å². The smallest absolute Gasteiger partial charge is 0.212 e. The van der Waals surface area contributed by atoms with Crippen molar-refractivity contribution in [3.05, 3.63) is 82.4 Å². The largest absolute Gasteiger partial charge is 0.370 e. The van der Waals surface area contributed by atoms with Crippen molar-refractivity contribution in [1.82, 2.24) is 4.98 Å². The van der Waals surface area contributed by atoms with Crippen LogP contribution in [0.25, 0.3) is 0 Å². The highest BCUT2D eigenvalue weighted by atomic mass is 32.1. The summed E-state index contributed by atoms with van der Waals surface area (Å²) in [7, 11) is 0. The molecule has 4 nitrogen and oxygen atoms in total. The fourth-order valence-electron chi connectivity index (χ4n) is 3.73. The molecule has 126 valence electrons. The van der Waals surface area contributed by atoms with Gasteiger partial charge in [-0.15, -0.1) is 0 Å². The quantitative estimate of drug-likeness (QED) is 0.561. The Morgan fingerprint density at radius 3 is 2.12 bits per heavy atom. The van der Waals surface area contributed by atoms with Crippen molar-refractivity contribution in [2.24, 2.45) is 16.5 Å². The minimum Gasteiger partial charge on any atom is -0.370 e. The van der Waals surface area contributed by atoms with Crippen molar-refractivity contribution in [3.8, 4) is 0 Å². The topological polar surface area (TPSA) is 77.3 Å². The van der Waals surface area contributed by atoms with Crippen LogP contribution >= 0.6 is 11.3 Å². The van der Waals surface area contributed by atoms with E-state index in [0.717, 1.165) is 25.0 Å². The summed E-state index contributed by atoms with van der Waals surface area (Å²) in [5, 5.41) is 0.655. The molecular weight excluding hydrogens is 328 g/mol. The monoisotopic (exact) mass is 348 g/mol. The van der Waals surface area contributed by atoms with Crippen molar-refractivity contribution in [2.75, 3.05) is 0 Å². The Morgan fingerprint density at radius 1 is 0.960 bits per heavy atom. The first-order valence-corrected chi connectivity index (χ1v) is 9.18. The Balaban J connectivity index is 1.82. The van der Waals surface area contributed by atoms with Crippen molar-refractivity contribution in [3.63, 3.8) is 0 Å². The Kier molecular flexibility index (Phi) is 4.01. The lowest BCUT2D eigenvalue weighted by Gasteiger charge is -2.38. The molecule has 1 aliphatic rings. The van der Waals surface area contributed by atoms with Gasteiger partial charge in [0.25, 0.3) is 0 Å². The van der Waals surface area contributed by atoms with Crippen LogP contribution in [0.3, 0.4) is 0 Å². The van der Waals surface area contributed by atoms with E-state index in [-0.39, 0.29) is 11.4 Å². The number of aliphatic imine (C=N–C) groups is 1. The molecule has 0 saturated heterocycles. The van der Waals surface area contributed by atoms with Gasteiger partial charge in [0.15, 0.2) is 5.96 Å².